The lowest BCUT2D eigenvalue weighted by molar-refractivity contribution is 0.461. The predicted molar refractivity (Wildman–Crippen MR) is 185 cm³/mol. The van der Waals surface area contributed by atoms with Crippen molar-refractivity contribution in [1.82, 2.24) is 0 Å². The molecule has 0 fully saturated rings. The summed E-state index contributed by atoms with van der Waals surface area (Å²) in [7, 11) is 0. The van der Waals surface area contributed by atoms with Gasteiger partial charge in [0.25, 0.3) is 13.4 Å². The molecule has 0 N–H and O–H groups in total. The van der Waals surface area contributed by atoms with Crippen molar-refractivity contribution in [3.8, 4) is 46.0 Å². The number of hydrogen-bond acceptors (Lipinski definition) is 4. The first-order valence-corrected chi connectivity index (χ1v) is 16.0. The Hall–Kier alpha value is -5.35. The van der Waals surface area contributed by atoms with Gasteiger partial charge >= 0.3 is 0 Å². The van der Waals surface area contributed by atoms with Crippen LogP contribution >= 0.6 is 0 Å². The average Bonchev–Trinajstić information content (AvgIpc) is 3.08. The summed E-state index contributed by atoms with van der Waals surface area (Å²) >= 11 is 0. The molecule has 218 valence electrons. The van der Waals surface area contributed by atoms with Crippen LogP contribution in [0, 0.1) is 13.8 Å². The van der Waals surface area contributed by atoms with Gasteiger partial charge in [0.1, 0.15) is 46.0 Å². The Labute approximate surface area is 268 Å². The van der Waals surface area contributed by atoms with Gasteiger partial charge in [-0.3, -0.25) is 0 Å². The summed E-state index contributed by atoms with van der Waals surface area (Å²) in [5.41, 5.74) is 11.8. The highest BCUT2D eigenvalue weighted by molar-refractivity contribution is 6.99. The lowest BCUT2D eigenvalue weighted by atomic mass is 9.34. The number of rotatable bonds is 3. The van der Waals surface area contributed by atoms with Crippen LogP contribution < -0.4 is 51.7 Å². The standard InChI is InChI=1S/C40H28B2O4/c1-23-10-16-28-35(20-23)43-32-8-5-9-33-38(32)41(28)29-17-14-25(21-36(29)44-33)12-13-26-15-18-30-37(22-26)45-34-19-11-24(2)40-39(34)42(30)27-6-3-4-7-31(27)46-40/h3-11,14-22H,12-13H2,1-2H3. The fourth-order valence-corrected chi connectivity index (χ4v) is 7.79. The van der Waals surface area contributed by atoms with Crippen molar-refractivity contribution in [1.29, 1.82) is 0 Å². The molecule has 0 aliphatic carbocycles. The molecule has 0 spiro atoms. The van der Waals surface area contributed by atoms with E-state index in [1.165, 1.54) is 38.5 Å². The van der Waals surface area contributed by atoms with Crippen LogP contribution in [0.5, 0.6) is 46.0 Å². The molecule has 0 saturated heterocycles. The van der Waals surface area contributed by atoms with Crippen LogP contribution in [-0.2, 0) is 12.8 Å². The van der Waals surface area contributed by atoms with Gasteiger partial charge in [0, 0.05) is 10.9 Å². The zero-order valence-corrected chi connectivity index (χ0v) is 25.6. The topological polar surface area (TPSA) is 36.9 Å². The van der Waals surface area contributed by atoms with Crippen molar-refractivity contribution in [2.45, 2.75) is 26.7 Å². The predicted octanol–water partition coefficient (Wildman–Crippen LogP) is 5.54. The highest BCUT2D eigenvalue weighted by Crippen LogP contribution is 2.37. The smallest absolute Gasteiger partial charge is 0.260 e. The highest BCUT2D eigenvalue weighted by atomic mass is 16.5. The Morgan fingerprint density at radius 3 is 1.67 bits per heavy atom. The summed E-state index contributed by atoms with van der Waals surface area (Å²) in [4.78, 5) is 0. The van der Waals surface area contributed by atoms with Gasteiger partial charge in [-0.25, -0.2) is 0 Å². The van der Waals surface area contributed by atoms with Gasteiger partial charge < -0.3 is 18.9 Å². The third kappa shape index (κ3) is 3.76. The molecule has 0 amide bonds. The van der Waals surface area contributed by atoms with Crippen LogP contribution in [0.1, 0.15) is 22.3 Å². The molecule has 4 aliphatic rings. The molecule has 0 aromatic heterocycles. The fourth-order valence-electron chi connectivity index (χ4n) is 7.79. The van der Waals surface area contributed by atoms with E-state index in [0.29, 0.717) is 0 Å². The maximum absolute atomic E-state index is 6.56. The normalized spacial score (nSPS) is 13.8. The van der Waals surface area contributed by atoms with Crippen LogP contribution in [0.2, 0.25) is 0 Å². The molecule has 46 heavy (non-hydrogen) atoms. The number of fused-ring (bicyclic) bond motifs is 8. The minimum atomic E-state index is 0.0908. The molecular formula is C40H28B2O4. The molecule has 4 heterocycles. The molecule has 0 atom stereocenters. The summed E-state index contributed by atoms with van der Waals surface area (Å²) in [6.45, 7) is 4.39. The minimum absolute atomic E-state index is 0.0908. The van der Waals surface area contributed by atoms with E-state index in [9.17, 15) is 0 Å². The molecule has 6 aromatic carbocycles. The van der Waals surface area contributed by atoms with Crippen LogP contribution in [0.25, 0.3) is 0 Å². The van der Waals surface area contributed by atoms with Crippen LogP contribution in [0.4, 0.5) is 0 Å². The SMILES string of the molecule is Cc1ccc2c(c1)Oc1cccc3c1B2c1ccc(CCc2ccc4c(c2)Oc2ccc(C)c5c2B4c2ccccc2O5)cc1O3. The minimum Gasteiger partial charge on any atom is -0.458 e. The van der Waals surface area contributed by atoms with Crippen LogP contribution in [0.15, 0.2) is 109 Å². The Balaban J connectivity index is 0.964. The number of ether oxygens (including phenoxy) is 4. The second-order valence-corrected chi connectivity index (χ2v) is 12.9. The molecule has 0 saturated carbocycles. The number of para-hydroxylation sites is 1. The van der Waals surface area contributed by atoms with E-state index in [-0.39, 0.29) is 13.4 Å². The largest absolute Gasteiger partial charge is 0.458 e. The van der Waals surface area contributed by atoms with E-state index in [0.717, 1.165) is 75.3 Å². The first-order chi connectivity index (χ1) is 22.6. The Morgan fingerprint density at radius 1 is 0.435 bits per heavy atom. The van der Waals surface area contributed by atoms with E-state index < -0.39 is 0 Å². The number of benzene rings is 6. The molecule has 0 radical (unpaired) electrons. The zero-order chi connectivity index (χ0) is 30.5. The maximum Gasteiger partial charge on any atom is 0.260 e. The Morgan fingerprint density at radius 2 is 0.978 bits per heavy atom. The molecule has 6 heteroatoms. The van der Waals surface area contributed by atoms with E-state index >= 15 is 0 Å². The maximum atomic E-state index is 6.56. The van der Waals surface area contributed by atoms with Crippen molar-refractivity contribution in [2.75, 3.05) is 0 Å². The van der Waals surface area contributed by atoms with Gasteiger partial charge in [0.15, 0.2) is 0 Å². The number of hydrogen-bond donors (Lipinski definition) is 0. The molecule has 4 nitrogen and oxygen atoms in total. The lowest BCUT2D eigenvalue weighted by Crippen LogP contribution is -2.57. The fraction of sp³-hybridized carbons (Fsp3) is 0.100. The monoisotopic (exact) mass is 594 g/mol. The Kier molecular flexibility index (Phi) is 5.40. The number of aryl methyl sites for hydroxylation is 4. The van der Waals surface area contributed by atoms with Gasteiger partial charge in [0.05, 0.1) is 0 Å². The lowest BCUT2D eigenvalue weighted by Gasteiger charge is -2.33. The summed E-state index contributed by atoms with van der Waals surface area (Å²) in [6.07, 6.45) is 1.79. The summed E-state index contributed by atoms with van der Waals surface area (Å²) in [5.74, 6) is 7.26. The first kappa shape index (κ1) is 25.9. The van der Waals surface area contributed by atoms with Crippen molar-refractivity contribution < 1.29 is 18.9 Å². The van der Waals surface area contributed by atoms with Crippen LogP contribution in [-0.4, -0.2) is 13.4 Å². The third-order valence-electron chi connectivity index (χ3n) is 10.0. The quantitative estimate of drug-likeness (QED) is 0.252. The van der Waals surface area contributed by atoms with Crippen molar-refractivity contribution >= 4 is 46.2 Å². The van der Waals surface area contributed by atoms with Gasteiger partial charge in [-0.2, -0.15) is 0 Å². The van der Waals surface area contributed by atoms with Crippen molar-refractivity contribution in [3.05, 3.63) is 131 Å². The van der Waals surface area contributed by atoms with E-state index in [4.69, 9.17) is 18.9 Å². The molecule has 0 bridgehead atoms. The summed E-state index contributed by atoms with van der Waals surface area (Å²) in [6, 6.07) is 38.6. The third-order valence-corrected chi connectivity index (χ3v) is 10.0. The van der Waals surface area contributed by atoms with Gasteiger partial charge in [-0.15, -0.1) is 0 Å². The highest BCUT2D eigenvalue weighted by Gasteiger charge is 2.41. The molecule has 6 aromatic rings. The first-order valence-electron chi connectivity index (χ1n) is 16.0. The summed E-state index contributed by atoms with van der Waals surface area (Å²) < 4.78 is 25.8. The molecule has 10 rings (SSSR count). The Bertz CT molecular complexity index is 2280. The second kappa shape index (κ2) is 9.58. The summed E-state index contributed by atoms with van der Waals surface area (Å²) in [5, 5.41) is 0. The van der Waals surface area contributed by atoms with Gasteiger partial charge in [-0.1, -0.05) is 66.7 Å². The second-order valence-electron chi connectivity index (χ2n) is 12.9. The van der Waals surface area contributed by atoms with E-state index in [2.05, 4.69) is 105 Å². The van der Waals surface area contributed by atoms with E-state index in [1.807, 2.05) is 18.2 Å². The molecular weight excluding hydrogens is 566 g/mol. The molecule has 4 aliphatic heterocycles. The van der Waals surface area contributed by atoms with Gasteiger partial charge in [0.2, 0.25) is 0 Å². The zero-order valence-electron chi connectivity index (χ0n) is 25.6. The van der Waals surface area contributed by atoms with Gasteiger partial charge in [-0.05, 0) is 113 Å². The van der Waals surface area contributed by atoms with E-state index in [1.54, 1.807) is 0 Å². The average molecular weight is 594 g/mol. The molecule has 0 unspecified atom stereocenters. The van der Waals surface area contributed by atoms with Crippen molar-refractivity contribution in [2.24, 2.45) is 0 Å². The van der Waals surface area contributed by atoms with Crippen molar-refractivity contribution in [3.63, 3.8) is 0 Å². The van der Waals surface area contributed by atoms with Crippen LogP contribution in [0.3, 0.4) is 0 Å².